The fourth-order valence-corrected chi connectivity index (χ4v) is 2.32. The number of benzene rings is 1. The minimum Gasteiger partial charge on any atom is -0.494 e. The molecule has 1 N–H and O–H groups in total. The van der Waals surface area contributed by atoms with Crippen LogP contribution < -0.4 is 15.0 Å². The van der Waals surface area contributed by atoms with Gasteiger partial charge in [0.1, 0.15) is 0 Å². The van der Waals surface area contributed by atoms with E-state index in [1.165, 1.54) is 31.6 Å². The molecule has 0 atom stereocenters. The van der Waals surface area contributed by atoms with Gasteiger partial charge in [0.2, 0.25) is 5.95 Å². The van der Waals surface area contributed by atoms with Gasteiger partial charge in [-0.3, -0.25) is 4.79 Å². The van der Waals surface area contributed by atoms with Gasteiger partial charge >= 0.3 is 0 Å². The van der Waals surface area contributed by atoms with Gasteiger partial charge in [0.05, 0.1) is 38.4 Å². The summed E-state index contributed by atoms with van der Waals surface area (Å²) in [5.41, 5.74) is 0.624. The van der Waals surface area contributed by atoms with Crippen LogP contribution in [0, 0.1) is 5.82 Å². The van der Waals surface area contributed by atoms with E-state index < -0.39 is 11.7 Å². The van der Waals surface area contributed by atoms with Crippen molar-refractivity contribution in [3.8, 4) is 5.75 Å². The van der Waals surface area contributed by atoms with Crippen LogP contribution in [-0.4, -0.2) is 49.3 Å². The highest BCUT2D eigenvalue weighted by Crippen LogP contribution is 2.19. The average Bonchev–Trinajstić information content (AvgIpc) is 2.63. The highest BCUT2D eigenvalue weighted by Gasteiger charge is 2.14. The van der Waals surface area contributed by atoms with Crippen molar-refractivity contribution >= 4 is 17.5 Å². The van der Waals surface area contributed by atoms with Gasteiger partial charge in [-0.1, -0.05) is 0 Å². The van der Waals surface area contributed by atoms with Crippen LogP contribution in [-0.2, 0) is 4.74 Å². The molecule has 0 saturated carbocycles. The van der Waals surface area contributed by atoms with E-state index in [0.29, 0.717) is 24.8 Å². The van der Waals surface area contributed by atoms with Gasteiger partial charge < -0.3 is 19.7 Å². The summed E-state index contributed by atoms with van der Waals surface area (Å²) in [6, 6.07) is 4.01. The second-order valence-corrected chi connectivity index (χ2v) is 5.17. The Morgan fingerprint density at radius 2 is 2.00 bits per heavy atom. The van der Waals surface area contributed by atoms with E-state index in [1.807, 2.05) is 4.90 Å². The summed E-state index contributed by atoms with van der Waals surface area (Å²) in [6.07, 6.45) is 3.05. The van der Waals surface area contributed by atoms with Gasteiger partial charge in [-0.15, -0.1) is 0 Å². The Hall–Kier alpha value is -2.74. The lowest BCUT2D eigenvalue weighted by Crippen LogP contribution is -2.37. The minimum atomic E-state index is -0.593. The van der Waals surface area contributed by atoms with Crippen molar-refractivity contribution in [3.63, 3.8) is 0 Å². The van der Waals surface area contributed by atoms with Crippen molar-refractivity contribution in [2.45, 2.75) is 0 Å². The van der Waals surface area contributed by atoms with Crippen molar-refractivity contribution in [3.05, 3.63) is 42.0 Å². The molecule has 1 aromatic carbocycles. The summed E-state index contributed by atoms with van der Waals surface area (Å²) in [5.74, 6) is -0.361. The summed E-state index contributed by atoms with van der Waals surface area (Å²) < 4.78 is 23.8. The molecule has 0 unspecified atom stereocenters. The van der Waals surface area contributed by atoms with Gasteiger partial charge in [-0.05, 0) is 18.2 Å². The molecule has 0 bridgehead atoms. The number of carbonyl (C=O) groups excluding carboxylic acids is 1. The molecule has 3 rings (SSSR count). The first kappa shape index (κ1) is 16.1. The number of morpholine rings is 1. The second kappa shape index (κ2) is 7.22. The topological polar surface area (TPSA) is 76.6 Å². The molecule has 1 aromatic heterocycles. The number of rotatable bonds is 4. The quantitative estimate of drug-likeness (QED) is 0.919. The summed E-state index contributed by atoms with van der Waals surface area (Å²) in [7, 11) is 1.37. The average molecular weight is 332 g/mol. The van der Waals surface area contributed by atoms with Gasteiger partial charge in [0.25, 0.3) is 5.91 Å². The predicted molar refractivity (Wildman–Crippen MR) is 86.0 cm³/mol. The van der Waals surface area contributed by atoms with Gasteiger partial charge in [-0.2, -0.15) is 0 Å². The van der Waals surface area contributed by atoms with E-state index in [0.717, 1.165) is 19.2 Å². The highest BCUT2D eigenvalue weighted by molar-refractivity contribution is 6.04. The Balaban J connectivity index is 1.67. The van der Waals surface area contributed by atoms with Crippen LogP contribution >= 0.6 is 0 Å². The number of methoxy groups -OCH3 is 1. The highest BCUT2D eigenvalue weighted by atomic mass is 19.1. The molecular weight excluding hydrogens is 315 g/mol. The third-order valence-corrected chi connectivity index (χ3v) is 3.60. The van der Waals surface area contributed by atoms with Crippen molar-refractivity contribution in [2.75, 3.05) is 43.6 Å². The van der Waals surface area contributed by atoms with E-state index in [1.54, 1.807) is 0 Å². The van der Waals surface area contributed by atoms with E-state index in [-0.39, 0.29) is 11.3 Å². The van der Waals surface area contributed by atoms with E-state index in [9.17, 15) is 9.18 Å². The Morgan fingerprint density at radius 1 is 1.29 bits per heavy atom. The fourth-order valence-electron chi connectivity index (χ4n) is 2.32. The lowest BCUT2D eigenvalue weighted by atomic mass is 10.2. The summed E-state index contributed by atoms with van der Waals surface area (Å²) in [4.78, 5) is 22.6. The Labute approximate surface area is 138 Å². The zero-order valence-electron chi connectivity index (χ0n) is 13.2. The van der Waals surface area contributed by atoms with Crippen LogP contribution in [0.2, 0.25) is 0 Å². The number of carbonyl (C=O) groups is 1. The zero-order valence-corrected chi connectivity index (χ0v) is 13.2. The molecule has 2 aromatic rings. The molecule has 1 saturated heterocycles. The molecule has 0 radical (unpaired) electrons. The Morgan fingerprint density at radius 3 is 2.62 bits per heavy atom. The molecule has 2 heterocycles. The molecule has 1 aliphatic rings. The number of nitrogens with zero attached hydrogens (tertiary/aromatic N) is 3. The van der Waals surface area contributed by atoms with E-state index >= 15 is 0 Å². The molecule has 0 spiro atoms. The first-order valence-electron chi connectivity index (χ1n) is 7.47. The van der Waals surface area contributed by atoms with Crippen molar-refractivity contribution < 1.29 is 18.7 Å². The van der Waals surface area contributed by atoms with Crippen LogP contribution in [0.3, 0.4) is 0 Å². The van der Waals surface area contributed by atoms with E-state index in [2.05, 4.69) is 15.3 Å². The summed E-state index contributed by atoms with van der Waals surface area (Å²) in [5, 5.41) is 2.64. The second-order valence-electron chi connectivity index (χ2n) is 5.17. The van der Waals surface area contributed by atoms with Gasteiger partial charge in [0, 0.05) is 18.7 Å². The summed E-state index contributed by atoms with van der Waals surface area (Å²) >= 11 is 0. The lowest BCUT2D eigenvalue weighted by molar-refractivity contribution is 0.102. The first-order valence-corrected chi connectivity index (χ1v) is 7.47. The van der Waals surface area contributed by atoms with Gasteiger partial charge in [-0.25, -0.2) is 14.4 Å². The molecule has 7 nitrogen and oxygen atoms in total. The maximum absolute atomic E-state index is 13.7. The lowest BCUT2D eigenvalue weighted by Gasteiger charge is -2.26. The number of nitrogens with one attached hydrogen (secondary N) is 1. The van der Waals surface area contributed by atoms with Crippen molar-refractivity contribution in [2.24, 2.45) is 0 Å². The molecule has 1 fully saturated rings. The standard InChI is InChI=1S/C16H17FN4O3/c1-23-14-3-2-11(8-13(14)17)15(22)20-12-9-18-16(19-10-12)21-4-6-24-7-5-21/h2-3,8-10H,4-7H2,1H3,(H,20,22). The zero-order chi connectivity index (χ0) is 16.9. The van der Waals surface area contributed by atoms with E-state index in [4.69, 9.17) is 9.47 Å². The molecule has 24 heavy (non-hydrogen) atoms. The third-order valence-electron chi connectivity index (χ3n) is 3.60. The van der Waals surface area contributed by atoms with Gasteiger partial charge in [0.15, 0.2) is 11.6 Å². The molecule has 1 amide bonds. The van der Waals surface area contributed by atoms with Crippen LogP contribution in [0.1, 0.15) is 10.4 Å². The number of ether oxygens (including phenoxy) is 2. The van der Waals surface area contributed by atoms with Crippen LogP contribution in [0.4, 0.5) is 16.0 Å². The number of aromatic nitrogens is 2. The number of amides is 1. The first-order chi connectivity index (χ1) is 11.7. The summed E-state index contributed by atoms with van der Waals surface area (Å²) in [6.45, 7) is 2.75. The molecular formula is C16H17FN4O3. The van der Waals surface area contributed by atoms with Crippen LogP contribution in [0.15, 0.2) is 30.6 Å². The normalized spacial score (nSPS) is 14.3. The molecule has 1 aliphatic heterocycles. The van der Waals surface area contributed by atoms with Crippen LogP contribution in [0.25, 0.3) is 0 Å². The minimum absolute atomic E-state index is 0.0877. The number of anilines is 2. The molecule has 0 aliphatic carbocycles. The maximum Gasteiger partial charge on any atom is 0.255 e. The predicted octanol–water partition coefficient (Wildman–Crippen LogP) is 1.71. The van der Waals surface area contributed by atoms with Crippen molar-refractivity contribution in [1.82, 2.24) is 9.97 Å². The molecule has 126 valence electrons. The molecule has 8 heteroatoms. The number of halogens is 1. The Bertz CT molecular complexity index is 718. The largest absolute Gasteiger partial charge is 0.494 e. The number of hydrogen-bond acceptors (Lipinski definition) is 6. The smallest absolute Gasteiger partial charge is 0.255 e. The fraction of sp³-hybridized carbons (Fsp3) is 0.312. The third kappa shape index (κ3) is 3.60. The SMILES string of the molecule is COc1ccc(C(=O)Nc2cnc(N3CCOCC3)nc2)cc1F. The Kier molecular flexibility index (Phi) is 4.85. The van der Waals surface area contributed by atoms with Crippen LogP contribution in [0.5, 0.6) is 5.75 Å². The van der Waals surface area contributed by atoms with Crippen molar-refractivity contribution in [1.29, 1.82) is 0 Å². The monoisotopic (exact) mass is 332 g/mol. The number of hydrogen-bond donors (Lipinski definition) is 1. The maximum atomic E-state index is 13.7.